The average molecular weight is 815 g/mol. The number of aliphatic hydroxyl groups is 3. The zero-order chi connectivity index (χ0) is 42.1. The lowest BCUT2D eigenvalue weighted by molar-refractivity contribution is -0.329. The molecule has 320 valence electrons. The quantitative estimate of drug-likeness (QED) is 0.171. The summed E-state index contributed by atoms with van der Waals surface area (Å²) in [5, 5.41) is 66.6. The monoisotopic (exact) mass is 814 g/mol. The lowest BCUT2D eigenvalue weighted by Crippen LogP contribution is -2.60. The fraction of sp³-hybridized carbons (Fsp3) is 0.667. The predicted molar refractivity (Wildman–Crippen MR) is 206 cm³/mol. The van der Waals surface area contributed by atoms with Gasteiger partial charge in [-0.15, -0.1) is 0 Å². The van der Waals surface area contributed by atoms with Gasteiger partial charge in [0.15, 0.2) is 24.7 Å². The number of phenolic OH excluding ortho intramolecular Hbond substituents is 3. The summed E-state index contributed by atoms with van der Waals surface area (Å²) in [7, 11) is 7.72. The summed E-state index contributed by atoms with van der Waals surface area (Å²) in [4.78, 5) is 31.6. The van der Waals surface area contributed by atoms with E-state index in [1.807, 2.05) is 51.8 Å². The number of carbonyl (C=O) groups is 2. The first kappa shape index (κ1) is 42.8. The molecule has 2 aliphatic carbocycles. The van der Waals surface area contributed by atoms with Crippen molar-refractivity contribution in [1.82, 2.24) is 9.80 Å². The van der Waals surface area contributed by atoms with Gasteiger partial charge in [-0.25, -0.2) is 0 Å². The van der Waals surface area contributed by atoms with E-state index in [-0.39, 0.29) is 66.4 Å². The van der Waals surface area contributed by atoms with E-state index in [1.54, 1.807) is 13.8 Å². The molecule has 3 heterocycles. The zero-order valence-corrected chi connectivity index (χ0v) is 34.3. The molecule has 14 unspecified atom stereocenters. The standard InChI is InChI=1S/C42H58N2O14/c1-9-42(52)14-13-22-31(38(51)33-32(36(22)49)37(50)30-21(35(33)48)11-10-12-25(30)45)41(42)58-28-16-24(44(7)8)39(20(4)55-28)56-27-15-23(43(5)6)40(19(3)54-27)57-29-17-26(46)34(47)18(2)53-29/h10-12,18-20,23-24,26-29,34,39-41,45-47,49,51-52H,9,13-17H2,1-8H3. The molecule has 3 saturated heterocycles. The normalized spacial score (nSPS) is 37.8. The van der Waals surface area contributed by atoms with Gasteiger partial charge in [-0.1, -0.05) is 19.1 Å². The number of hydrogen-bond acceptors (Lipinski definition) is 16. The average Bonchev–Trinajstić information content (AvgIpc) is 3.16. The molecule has 7 rings (SSSR count). The number of ether oxygens (including phenoxy) is 6. The van der Waals surface area contributed by atoms with E-state index >= 15 is 0 Å². The molecule has 0 radical (unpaired) electrons. The van der Waals surface area contributed by atoms with Crippen LogP contribution < -0.4 is 0 Å². The van der Waals surface area contributed by atoms with E-state index in [4.69, 9.17) is 28.4 Å². The molecule has 0 bridgehead atoms. The number of hydrogen-bond donors (Lipinski definition) is 6. The maximum absolute atomic E-state index is 13.8. The van der Waals surface area contributed by atoms with Gasteiger partial charge in [0, 0.05) is 48.0 Å². The van der Waals surface area contributed by atoms with Crippen molar-refractivity contribution in [2.75, 3.05) is 28.2 Å². The number of fused-ring (bicyclic) bond motifs is 3. The summed E-state index contributed by atoms with van der Waals surface area (Å²) >= 11 is 0. The van der Waals surface area contributed by atoms with Crippen LogP contribution in [-0.2, 0) is 34.8 Å². The highest BCUT2D eigenvalue weighted by molar-refractivity contribution is 6.31. The van der Waals surface area contributed by atoms with Gasteiger partial charge >= 0.3 is 0 Å². The molecule has 0 aromatic heterocycles. The number of nitrogens with zero attached hydrogens (tertiary/aromatic N) is 2. The van der Waals surface area contributed by atoms with Crippen LogP contribution in [0.2, 0.25) is 0 Å². The van der Waals surface area contributed by atoms with Gasteiger partial charge in [0.25, 0.3) is 0 Å². The number of aromatic hydroxyl groups is 3. The van der Waals surface area contributed by atoms with Crippen molar-refractivity contribution in [3.63, 3.8) is 0 Å². The molecule has 6 N–H and O–H groups in total. The molecule has 14 atom stereocenters. The Hall–Kier alpha value is -3.26. The highest BCUT2D eigenvalue weighted by atomic mass is 16.7. The summed E-state index contributed by atoms with van der Waals surface area (Å²) < 4.78 is 38.5. The summed E-state index contributed by atoms with van der Waals surface area (Å²) in [5.41, 5.74) is -2.51. The maximum Gasteiger partial charge on any atom is 0.202 e. The van der Waals surface area contributed by atoms with Crippen LogP contribution in [0.1, 0.15) is 109 Å². The Morgan fingerprint density at radius 2 is 1.28 bits per heavy atom. The van der Waals surface area contributed by atoms with Gasteiger partial charge in [-0.05, 0) is 74.3 Å². The first-order valence-corrected chi connectivity index (χ1v) is 20.2. The van der Waals surface area contributed by atoms with E-state index in [0.717, 1.165) is 0 Å². The minimum atomic E-state index is -1.54. The highest BCUT2D eigenvalue weighted by Crippen LogP contribution is 2.54. The van der Waals surface area contributed by atoms with Gasteiger partial charge in [0.05, 0.1) is 46.7 Å². The van der Waals surface area contributed by atoms with Crippen LogP contribution in [0.5, 0.6) is 17.2 Å². The minimum Gasteiger partial charge on any atom is -0.507 e. The molecule has 58 heavy (non-hydrogen) atoms. The van der Waals surface area contributed by atoms with E-state index in [9.17, 15) is 40.2 Å². The van der Waals surface area contributed by atoms with Gasteiger partial charge in [0.2, 0.25) is 5.78 Å². The molecular weight excluding hydrogens is 756 g/mol. The van der Waals surface area contributed by atoms with Crippen molar-refractivity contribution in [2.45, 2.75) is 152 Å². The molecule has 2 aromatic rings. The van der Waals surface area contributed by atoms with Crippen molar-refractivity contribution >= 4 is 11.6 Å². The van der Waals surface area contributed by atoms with Crippen LogP contribution in [-0.4, -0.2) is 159 Å². The van der Waals surface area contributed by atoms with Crippen LogP contribution in [0.3, 0.4) is 0 Å². The number of carbonyl (C=O) groups excluding carboxylic acids is 2. The van der Waals surface area contributed by atoms with Crippen LogP contribution in [0.25, 0.3) is 0 Å². The number of aliphatic hydroxyl groups excluding tert-OH is 2. The van der Waals surface area contributed by atoms with E-state index in [2.05, 4.69) is 0 Å². The first-order valence-electron chi connectivity index (χ1n) is 20.2. The second-order valence-electron chi connectivity index (χ2n) is 17.0. The van der Waals surface area contributed by atoms with Gasteiger partial charge < -0.3 is 68.9 Å². The third kappa shape index (κ3) is 7.44. The molecule has 16 heteroatoms. The van der Waals surface area contributed by atoms with E-state index < -0.39 is 113 Å². The topological polar surface area (TPSA) is 217 Å². The SMILES string of the molecule is CCC1(O)CCc2c(O)c3c(c(O)c2C1OC1CC(N(C)C)C(OC2CC(N(C)C)C(OC4CC(O)C(O)C(C)O4)C(C)O2)C(C)O1)C(=O)c1cccc(O)c1C3=O. The summed E-state index contributed by atoms with van der Waals surface area (Å²) in [6.07, 6.45) is -6.81. The predicted octanol–water partition coefficient (Wildman–Crippen LogP) is 2.48. The Labute approximate surface area is 338 Å². The Balaban J connectivity index is 1.11. The Bertz CT molecular complexity index is 1880. The van der Waals surface area contributed by atoms with Crippen LogP contribution in [0, 0.1) is 0 Å². The third-order valence-corrected chi connectivity index (χ3v) is 12.9. The van der Waals surface area contributed by atoms with E-state index in [1.165, 1.54) is 18.2 Å². The lowest BCUT2D eigenvalue weighted by Gasteiger charge is -2.49. The van der Waals surface area contributed by atoms with E-state index in [0.29, 0.717) is 6.42 Å². The van der Waals surface area contributed by atoms with Crippen LogP contribution >= 0.6 is 0 Å². The second-order valence-corrected chi connectivity index (χ2v) is 17.0. The number of rotatable bonds is 9. The van der Waals surface area contributed by atoms with Crippen molar-refractivity contribution in [1.29, 1.82) is 0 Å². The van der Waals surface area contributed by atoms with Gasteiger partial charge in [0.1, 0.15) is 41.7 Å². The van der Waals surface area contributed by atoms with Crippen LogP contribution in [0.15, 0.2) is 18.2 Å². The van der Waals surface area contributed by atoms with Gasteiger partial charge in [-0.3, -0.25) is 9.59 Å². The number of benzene rings is 2. The Morgan fingerprint density at radius 1 is 0.741 bits per heavy atom. The highest BCUT2D eigenvalue weighted by Gasteiger charge is 2.51. The fourth-order valence-electron chi connectivity index (χ4n) is 9.53. The second kappa shape index (κ2) is 16.3. The minimum absolute atomic E-state index is 0.0162. The largest absolute Gasteiger partial charge is 0.507 e. The Morgan fingerprint density at radius 3 is 1.83 bits per heavy atom. The maximum atomic E-state index is 13.8. The molecule has 2 aromatic carbocycles. The molecule has 3 aliphatic heterocycles. The molecular formula is C42H58N2O14. The molecule has 0 spiro atoms. The molecule has 16 nitrogen and oxygen atoms in total. The number of likely N-dealkylation sites (N-methyl/N-ethyl adjacent to an activating group) is 2. The number of phenols is 3. The van der Waals surface area contributed by atoms with Crippen molar-refractivity contribution in [3.05, 3.63) is 51.6 Å². The summed E-state index contributed by atoms with van der Waals surface area (Å²) in [6.45, 7) is 7.23. The Kier molecular flexibility index (Phi) is 12.0. The molecule has 0 amide bonds. The van der Waals surface area contributed by atoms with Gasteiger partial charge in [-0.2, -0.15) is 0 Å². The fourth-order valence-corrected chi connectivity index (χ4v) is 9.53. The summed E-state index contributed by atoms with van der Waals surface area (Å²) in [5.74, 6) is -3.02. The molecule has 0 saturated carbocycles. The first-order chi connectivity index (χ1) is 27.4. The van der Waals surface area contributed by atoms with Crippen molar-refractivity contribution in [3.8, 4) is 17.2 Å². The zero-order valence-electron chi connectivity index (χ0n) is 34.3. The number of ketones is 2. The van der Waals surface area contributed by atoms with Crippen molar-refractivity contribution < 1.29 is 68.6 Å². The molecule has 5 aliphatic rings. The molecule has 3 fully saturated rings. The van der Waals surface area contributed by atoms with Crippen LogP contribution in [0.4, 0.5) is 0 Å². The lowest BCUT2D eigenvalue weighted by atomic mass is 9.71. The van der Waals surface area contributed by atoms with Crippen molar-refractivity contribution in [2.24, 2.45) is 0 Å². The third-order valence-electron chi connectivity index (χ3n) is 12.9. The summed E-state index contributed by atoms with van der Waals surface area (Å²) in [6, 6.07) is 3.64. The smallest absolute Gasteiger partial charge is 0.202 e.